The fourth-order valence-corrected chi connectivity index (χ4v) is 2.72. The second-order valence-corrected chi connectivity index (χ2v) is 6.28. The summed E-state index contributed by atoms with van der Waals surface area (Å²) in [7, 11) is -3.90. The Kier molecular flexibility index (Phi) is 5.88. The van der Waals surface area contributed by atoms with Crippen LogP contribution in [-0.4, -0.2) is 8.42 Å². The zero-order chi connectivity index (χ0) is 14.0. The maximum atomic E-state index is 13.4. The van der Waals surface area contributed by atoms with Crippen molar-refractivity contribution in [1.82, 2.24) is 0 Å². The van der Waals surface area contributed by atoms with Crippen molar-refractivity contribution in [3.05, 3.63) is 58.6 Å². The normalized spacial score (nSPS) is 10.8. The van der Waals surface area contributed by atoms with Crippen LogP contribution < -0.4 is 4.72 Å². The van der Waals surface area contributed by atoms with Crippen molar-refractivity contribution in [3.8, 4) is 0 Å². The molecule has 0 saturated heterocycles. The Morgan fingerprint density at radius 1 is 1.00 bits per heavy atom. The van der Waals surface area contributed by atoms with Gasteiger partial charge in [0, 0.05) is 32.3 Å². The van der Waals surface area contributed by atoms with Crippen LogP contribution >= 0.6 is 15.9 Å². The first kappa shape index (κ1) is 17.3. The SMILES string of the molecule is O=S(=O)(Nc1ccc(F)cc1F)c1ccc(Br)cc1.[Ti]. The van der Waals surface area contributed by atoms with E-state index in [9.17, 15) is 17.2 Å². The number of benzene rings is 2. The summed E-state index contributed by atoms with van der Waals surface area (Å²) in [4.78, 5) is -0.0144. The Morgan fingerprint density at radius 2 is 1.60 bits per heavy atom. The number of nitrogens with one attached hydrogen (secondary N) is 1. The number of rotatable bonds is 3. The maximum Gasteiger partial charge on any atom is 0.261 e. The minimum atomic E-state index is -3.90. The predicted molar refractivity (Wildman–Crippen MR) is 71.3 cm³/mol. The summed E-state index contributed by atoms with van der Waals surface area (Å²) >= 11 is 3.18. The average molecular weight is 396 g/mol. The second-order valence-electron chi connectivity index (χ2n) is 3.68. The molecule has 0 bridgehead atoms. The summed E-state index contributed by atoms with van der Waals surface area (Å²) in [5.74, 6) is -1.75. The van der Waals surface area contributed by atoms with E-state index in [1.54, 1.807) is 12.1 Å². The third kappa shape index (κ3) is 4.12. The molecular weight excluding hydrogens is 388 g/mol. The predicted octanol–water partition coefficient (Wildman–Crippen LogP) is 3.53. The summed E-state index contributed by atoms with van der Waals surface area (Å²) in [5.41, 5.74) is -0.302. The van der Waals surface area contributed by atoms with Gasteiger partial charge in [-0.05, 0) is 36.4 Å². The van der Waals surface area contributed by atoms with Crippen LogP contribution in [0, 0.1) is 11.6 Å². The number of hydrogen-bond donors (Lipinski definition) is 1. The van der Waals surface area contributed by atoms with Crippen molar-refractivity contribution >= 4 is 31.6 Å². The van der Waals surface area contributed by atoms with Gasteiger partial charge >= 0.3 is 0 Å². The Hall–Kier alpha value is -0.756. The van der Waals surface area contributed by atoms with Gasteiger partial charge in [0.1, 0.15) is 11.6 Å². The third-order valence-electron chi connectivity index (χ3n) is 2.30. The van der Waals surface area contributed by atoms with Gasteiger partial charge < -0.3 is 0 Å². The molecule has 8 heteroatoms. The van der Waals surface area contributed by atoms with E-state index >= 15 is 0 Å². The standard InChI is InChI=1S/C12H8BrF2NO2S.Ti/c13-8-1-4-10(5-2-8)19(17,18)16-12-6-3-9(14)7-11(12)15;/h1-7,16H;. The van der Waals surface area contributed by atoms with Gasteiger partial charge in [0.25, 0.3) is 10.0 Å². The molecule has 1 N–H and O–H groups in total. The van der Waals surface area contributed by atoms with Gasteiger partial charge in [0.2, 0.25) is 0 Å². The van der Waals surface area contributed by atoms with Crippen molar-refractivity contribution in [1.29, 1.82) is 0 Å². The van der Waals surface area contributed by atoms with Crippen molar-refractivity contribution < 1.29 is 38.9 Å². The van der Waals surface area contributed by atoms with Gasteiger partial charge in [-0.15, -0.1) is 0 Å². The molecule has 20 heavy (non-hydrogen) atoms. The van der Waals surface area contributed by atoms with E-state index in [0.717, 1.165) is 16.6 Å². The first-order valence-corrected chi connectivity index (χ1v) is 7.39. The third-order valence-corrected chi connectivity index (χ3v) is 4.21. The monoisotopic (exact) mass is 395 g/mol. The second kappa shape index (κ2) is 6.80. The summed E-state index contributed by atoms with van der Waals surface area (Å²) in [6.07, 6.45) is 0. The van der Waals surface area contributed by atoms with Crippen molar-refractivity contribution in [2.75, 3.05) is 4.72 Å². The summed E-state index contributed by atoms with van der Waals surface area (Å²) in [6.45, 7) is 0. The van der Waals surface area contributed by atoms with Crippen molar-refractivity contribution in [3.63, 3.8) is 0 Å². The molecule has 0 atom stereocenters. The Balaban J connectivity index is 0.00000200. The molecule has 3 nitrogen and oxygen atoms in total. The fraction of sp³-hybridized carbons (Fsp3) is 0. The molecule has 104 valence electrons. The Bertz CT molecular complexity index is 708. The molecule has 2 aromatic carbocycles. The number of hydrogen-bond acceptors (Lipinski definition) is 2. The molecule has 0 spiro atoms. The van der Waals surface area contributed by atoms with Crippen LogP contribution in [0.5, 0.6) is 0 Å². The first-order chi connectivity index (χ1) is 8.88. The molecule has 0 radical (unpaired) electrons. The van der Waals surface area contributed by atoms with E-state index in [-0.39, 0.29) is 32.3 Å². The summed E-state index contributed by atoms with van der Waals surface area (Å²) in [5, 5.41) is 0. The van der Waals surface area contributed by atoms with E-state index in [2.05, 4.69) is 20.7 Å². The zero-order valence-corrected chi connectivity index (χ0v) is 13.9. The number of sulfonamides is 1. The number of halogens is 3. The van der Waals surface area contributed by atoms with Crippen LogP contribution in [0.2, 0.25) is 0 Å². The van der Waals surface area contributed by atoms with E-state index < -0.39 is 21.7 Å². The van der Waals surface area contributed by atoms with Crippen molar-refractivity contribution in [2.45, 2.75) is 4.90 Å². The molecule has 0 aliphatic rings. The van der Waals surface area contributed by atoms with Crippen LogP contribution in [0.1, 0.15) is 0 Å². The summed E-state index contributed by atoms with van der Waals surface area (Å²) < 4.78 is 52.8. The molecule has 0 aromatic heterocycles. The Morgan fingerprint density at radius 3 is 2.15 bits per heavy atom. The molecule has 0 aliphatic carbocycles. The minimum absolute atomic E-state index is 0. The van der Waals surface area contributed by atoms with E-state index in [1.807, 2.05) is 0 Å². The molecule has 0 saturated carbocycles. The maximum absolute atomic E-state index is 13.4. The quantitative estimate of drug-likeness (QED) is 0.808. The molecule has 0 unspecified atom stereocenters. The summed E-state index contributed by atoms with van der Waals surface area (Å²) in [6, 6.07) is 8.45. The minimum Gasteiger partial charge on any atom is -0.277 e. The van der Waals surface area contributed by atoms with Crippen LogP contribution in [0.4, 0.5) is 14.5 Å². The fourth-order valence-electron chi connectivity index (χ4n) is 1.39. The molecule has 2 aromatic rings. The molecule has 0 heterocycles. The molecule has 2 rings (SSSR count). The largest absolute Gasteiger partial charge is 0.277 e. The van der Waals surface area contributed by atoms with E-state index in [4.69, 9.17) is 0 Å². The average Bonchev–Trinajstić information content (AvgIpc) is 2.33. The zero-order valence-electron chi connectivity index (χ0n) is 9.90. The van der Waals surface area contributed by atoms with Gasteiger partial charge in [0.15, 0.2) is 0 Å². The van der Waals surface area contributed by atoms with Gasteiger partial charge in [-0.3, -0.25) is 4.72 Å². The Labute approximate surface area is 138 Å². The van der Waals surface area contributed by atoms with Crippen molar-refractivity contribution in [2.24, 2.45) is 0 Å². The van der Waals surface area contributed by atoms with Crippen LogP contribution in [0.3, 0.4) is 0 Å². The molecule has 0 amide bonds. The number of anilines is 1. The first-order valence-electron chi connectivity index (χ1n) is 5.12. The van der Waals surface area contributed by atoms with Gasteiger partial charge in [0.05, 0.1) is 10.6 Å². The van der Waals surface area contributed by atoms with Crippen LogP contribution in [-0.2, 0) is 31.7 Å². The van der Waals surface area contributed by atoms with Gasteiger partial charge in [-0.25, -0.2) is 17.2 Å². The van der Waals surface area contributed by atoms with E-state index in [1.165, 1.54) is 12.1 Å². The topological polar surface area (TPSA) is 46.2 Å². The van der Waals surface area contributed by atoms with Gasteiger partial charge in [-0.2, -0.15) is 0 Å². The molecule has 0 fully saturated rings. The molecule has 0 aliphatic heterocycles. The van der Waals surface area contributed by atoms with Crippen LogP contribution in [0.25, 0.3) is 0 Å². The van der Waals surface area contributed by atoms with E-state index in [0.29, 0.717) is 6.07 Å². The van der Waals surface area contributed by atoms with Gasteiger partial charge in [-0.1, -0.05) is 15.9 Å². The smallest absolute Gasteiger partial charge is 0.261 e. The van der Waals surface area contributed by atoms with Crippen LogP contribution in [0.15, 0.2) is 51.8 Å². The molecular formula is C12H8BrF2NO2STi.